The number of fused-ring (bicyclic) bond motifs is 1. The third-order valence-electron chi connectivity index (χ3n) is 4.47. The van der Waals surface area contributed by atoms with Gasteiger partial charge >= 0.3 is 5.97 Å². The summed E-state index contributed by atoms with van der Waals surface area (Å²) in [4.78, 5) is 37.8. The van der Waals surface area contributed by atoms with E-state index in [1.54, 1.807) is 48.0 Å². The van der Waals surface area contributed by atoms with Gasteiger partial charge < -0.3 is 14.4 Å². The first-order chi connectivity index (χ1) is 11.4. The van der Waals surface area contributed by atoms with Gasteiger partial charge in [-0.05, 0) is 37.6 Å². The van der Waals surface area contributed by atoms with Crippen molar-refractivity contribution in [1.29, 1.82) is 0 Å². The Hall–Kier alpha value is -2.02. The van der Waals surface area contributed by atoms with Crippen LogP contribution < -0.4 is 4.74 Å². The first-order valence-electron chi connectivity index (χ1n) is 7.74. The molecule has 0 N–H and O–H groups in total. The lowest BCUT2D eigenvalue weighted by atomic mass is 10.1. The molecule has 0 saturated carbocycles. The molecule has 2 atom stereocenters. The fourth-order valence-electron chi connectivity index (χ4n) is 3.09. The van der Waals surface area contributed by atoms with Gasteiger partial charge in [0, 0.05) is 17.7 Å². The summed E-state index contributed by atoms with van der Waals surface area (Å²) in [5.41, 5.74) is 0.450. The van der Waals surface area contributed by atoms with E-state index in [9.17, 15) is 14.4 Å². The van der Waals surface area contributed by atoms with Crippen LogP contribution in [0.2, 0.25) is 0 Å². The predicted octanol–water partition coefficient (Wildman–Crippen LogP) is 1.88. The third kappa shape index (κ3) is 3.00. The first-order valence-corrected chi connectivity index (χ1v) is 8.73. The molecule has 3 rings (SSSR count). The van der Waals surface area contributed by atoms with Crippen molar-refractivity contribution in [2.45, 2.75) is 30.7 Å². The number of hydrogen-bond acceptors (Lipinski definition) is 6. The van der Waals surface area contributed by atoms with E-state index in [1.807, 2.05) is 6.92 Å². The lowest BCUT2D eigenvalue weighted by Crippen LogP contribution is -2.46. The van der Waals surface area contributed by atoms with Gasteiger partial charge in [-0.15, -0.1) is 11.8 Å². The van der Waals surface area contributed by atoms with Gasteiger partial charge in [-0.1, -0.05) is 0 Å². The molecule has 2 aliphatic heterocycles. The van der Waals surface area contributed by atoms with Crippen LogP contribution in [-0.2, 0) is 14.3 Å². The van der Waals surface area contributed by atoms with Gasteiger partial charge in [0.2, 0.25) is 5.91 Å². The highest BCUT2D eigenvalue weighted by Gasteiger charge is 2.53. The van der Waals surface area contributed by atoms with Gasteiger partial charge in [-0.3, -0.25) is 9.59 Å². The highest BCUT2D eigenvalue weighted by molar-refractivity contribution is 8.01. The number of thioether (sulfide) groups is 1. The molecule has 2 aliphatic rings. The number of benzene rings is 1. The van der Waals surface area contributed by atoms with Crippen molar-refractivity contribution in [3.8, 4) is 5.75 Å². The zero-order valence-corrected chi connectivity index (χ0v) is 14.4. The summed E-state index contributed by atoms with van der Waals surface area (Å²) in [5.74, 6) is 0.345. The van der Waals surface area contributed by atoms with Crippen LogP contribution >= 0.6 is 11.8 Å². The molecule has 2 saturated heterocycles. The average molecular weight is 349 g/mol. The number of Topliss-reactive ketones (excluding diaryl/α,β-unsaturated/α-hetero) is 1. The van der Waals surface area contributed by atoms with Crippen molar-refractivity contribution in [3.05, 3.63) is 29.8 Å². The highest BCUT2D eigenvalue weighted by atomic mass is 32.2. The van der Waals surface area contributed by atoms with Gasteiger partial charge in [0.1, 0.15) is 11.8 Å². The van der Waals surface area contributed by atoms with E-state index in [-0.39, 0.29) is 23.2 Å². The van der Waals surface area contributed by atoms with Gasteiger partial charge in [0.05, 0.1) is 12.0 Å². The number of amides is 1. The molecule has 0 bridgehead atoms. The molecule has 2 heterocycles. The second kappa shape index (κ2) is 6.47. The smallest absolute Gasteiger partial charge is 0.330 e. The van der Waals surface area contributed by atoms with Gasteiger partial charge in [-0.25, -0.2) is 4.79 Å². The topological polar surface area (TPSA) is 72.9 Å². The SMILES string of the molecule is COc1ccc(C(=O)COC(=O)[C@H]2CS[C@]3(C)CCC(=O)N23)cc1. The molecule has 128 valence electrons. The number of methoxy groups -OCH3 is 1. The van der Waals surface area contributed by atoms with Crippen LogP contribution in [0.1, 0.15) is 30.1 Å². The fraction of sp³-hybridized carbons (Fsp3) is 0.471. The van der Waals surface area contributed by atoms with Crippen LogP contribution in [0.3, 0.4) is 0 Å². The van der Waals surface area contributed by atoms with Crippen LogP contribution in [0.15, 0.2) is 24.3 Å². The zero-order chi connectivity index (χ0) is 17.3. The summed E-state index contributed by atoms with van der Waals surface area (Å²) < 4.78 is 10.2. The quantitative estimate of drug-likeness (QED) is 0.597. The lowest BCUT2D eigenvalue weighted by Gasteiger charge is -2.29. The average Bonchev–Trinajstić information content (AvgIpc) is 3.09. The Labute approximate surface area is 144 Å². The standard InChI is InChI=1S/C17H19NO5S/c1-17-8-7-15(20)18(17)13(10-24-17)16(21)23-9-14(19)11-3-5-12(22-2)6-4-11/h3-6,13H,7-10H2,1-2H3/t13-,17-/m1/s1. The number of hydrogen-bond donors (Lipinski definition) is 0. The first kappa shape index (κ1) is 16.8. The summed E-state index contributed by atoms with van der Waals surface area (Å²) >= 11 is 1.60. The zero-order valence-electron chi connectivity index (χ0n) is 13.6. The largest absolute Gasteiger partial charge is 0.497 e. The van der Waals surface area contributed by atoms with E-state index in [4.69, 9.17) is 9.47 Å². The summed E-state index contributed by atoms with van der Waals surface area (Å²) in [7, 11) is 1.55. The number of ketones is 1. The van der Waals surface area contributed by atoms with E-state index >= 15 is 0 Å². The minimum absolute atomic E-state index is 0.0223. The van der Waals surface area contributed by atoms with E-state index in [0.29, 0.717) is 23.5 Å². The molecule has 1 aromatic carbocycles. The molecule has 0 spiro atoms. The Bertz CT molecular complexity index is 674. The number of ether oxygens (including phenoxy) is 2. The van der Waals surface area contributed by atoms with Crippen LogP contribution in [0.5, 0.6) is 5.75 Å². The van der Waals surface area contributed by atoms with Gasteiger partial charge in [0.25, 0.3) is 0 Å². The van der Waals surface area contributed by atoms with Gasteiger partial charge in [-0.2, -0.15) is 0 Å². The van der Waals surface area contributed by atoms with Crippen LogP contribution in [0, 0.1) is 0 Å². The summed E-state index contributed by atoms with van der Waals surface area (Å²) in [5, 5.41) is 0. The fourth-order valence-corrected chi connectivity index (χ4v) is 4.50. The lowest BCUT2D eigenvalue weighted by molar-refractivity contribution is -0.152. The molecule has 7 heteroatoms. The molecular weight excluding hydrogens is 330 g/mol. The van der Waals surface area contributed by atoms with Gasteiger partial charge in [0.15, 0.2) is 12.4 Å². The second-order valence-electron chi connectivity index (χ2n) is 6.02. The molecule has 24 heavy (non-hydrogen) atoms. The van der Waals surface area contributed by atoms with Crippen molar-refractivity contribution in [2.75, 3.05) is 19.5 Å². The second-order valence-corrected chi connectivity index (χ2v) is 7.53. The molecule has 0 radical (unpaired) electrons. The normalized spacial score (nSPS) is 25.5. The number of carbonyl (C=O) groups is 3. The Kier molecular flexibility index (Phi) is 4.54. The maximum absolute atomic E-state index is 12.3. The van der Waals surface area contributed by atoms with Crippen molar-refractivity contribution in [3.63, 3.8) is 0 Å². The Morgan fingerprint density at radius 2 is 2.04 bits per heavy atom. The maximum atomic E-state index is 12.3. The van der Waals surface area contributed by atoms with E-state index in [1.165, 1.54) is 0 Å². The molecule has 0 aliphatic carbocycles. The molecule has 1 aromatic rings. The minimum atomic E-state index is -0.598. The molecule has 1 amide bonds. The third-order valence-corrected chi connectivity index (χ3v) is 5.98. The van der Waals surface area contributed by atoms with Crippen LogP contribution in [0.4, 0.5) is 0 Å². The van der Waals surface area contributed by atoms with Crippen LogP contribution in [-0.4, -0.2) is 52.9 Å². The number of rotatable bonds is 5. The number of nitrogens with zero attached hydrogens (tertiary/aromatic N) is 1. The molecule has 2 fully saturated rings. The Balaban J connectivity index is 1.59. The van der Waals surface area contributed by atoms with Crippen molar-refractivity contribution >= 4 is 29.4 Å². The Morgan fingerprint density at radius 3 is 2.71 bits per heavy atom. The summed E-state index contributed by atoms with van der Waals surface area (Å²) in [6, 6.07) is 6.01. The summed E-state index contributed by atoms with van der Waals surface area (Å²) in [6.45, 7) is 1.64. The molecular formula is C17H19NO5S. The molecule has 0 aromatic heterocycles. The molecule has 0 unspecified atom stereocenters. The summed E-state index contributed by atoms with van der Waals surface area (Å²) in [6.07, 6.45) is 1.20. The van der Waals surface area contributed by atoms with E-state index < -0.39 is 12.0 Å². The van der Waals surface area contributed by atoms with E-state index in [0.717, 1.165) is 6.42 Å². The Morgan fingerprint density at radius 1 is 1.33 bits per heavy atom. The number of carbonyl (C=O) groups excluding carboxylic acids is 3. The van der Waals surface area contributed by atoms with Crippen molar-refractivity contribution in [2.24, 2.45) is 0 Å². The van der Waals surface area contributed by atoms with Crippen LogP contribution in [0.25, 0.3) is 0 Å². The monoisotopic (exact) mass is 349 g/mol. The maximum Gasteiger partial charge on any atom is 0.330 e. The van der Waals surface area contributed by atoms with Crippen molar-refractivity contribution in [1.82, 2.24) is 4.90 Å². The predicted molar refractivity (Wildman–Crippen MR) is 89.0 cm³/mol. The van der Waals surface area contributed by atoms with E-state index in [2.05, 4.69) is 0 Å². The minimum Gasteiger partial charge on any atom is -0.497 e. The highest BCUT2D eigenvalue weighted by Crippen LogP contribution is 2.47. The van der Waals surface area contributed by atoms with Crippen molar-refractivity contribution < 1.29 is 23.9 Å². The number of esters is 1. The molecule has 6 nitrogen and oxygen atoms in total.